The summed E-state index contributed by atoms with van der Waals surface area (Å²) in [6, 6.07) is 0. The van der Waals surface area contributed by atoms with Crippen molar-refractivity contribution >= 4 is 17.9 Å². The second kappa shape index (κ2) is 68.5. The molecule has 0 aliphatic carbocycles. The Balaban J connectivity index is 4.36. The molecule has 6 nitrogen and oxygen atoms in total. The van der Waals surface area contributed by atoms with Crippen LogP contribution in [0, 0.1) is 0 Å². The lowest BCUT2D eigenvalue weighted by molar-refractivity contribution is -0.166. The average Bonchev–Trinajstić information content (AvgIpc) is 3.49. The number of ether oxygens (including phenoxy) is 3. The van der Waals surface area contributed by atoms with Gasteiger partial charge in [0.2, 0.25) is 0 Å². The van der Waals surface area contributed by atoms with Crippen molar-refractivity contribution in [3.05, 3.63) is 207 Å². The highest BCUT2D eigenvalue weighted by Crippen LogP contribution is 2.15. The first-order chi connectivity index (χ1) is 41.0. The molecule has 0 aliphatic rings. The Hall–Kier alpha value is -6.01. The number of rotatable bonds is 56. The van der Waals surface area contributed by atoms with E-state index in [0.717, 1.165) is 116 Å². The van der Waals surface area contributed by atoms with Crippen LogP contribution in [-0.4, -0.2) is 37.2 Å². The summed E-state index contributed by atoms with van der Waals surface area (Å²) >= 11 is 0. The van der Waals surface area contributed by atoms with Gasteiger partial charge in [0.1, 0.15) is 13.2 Å². The molecular weight excluding hydrogens is 1020 g/mol. The first-order valence-corrected chi connectivity index (χ1v) is 32.6. The average molecular weight is 1140 g/mol. The van der Waals surface area contributed by atoms with E-state index in [1.807, 2.05) is 12.2 Å². The fourth-order valence-corrected chi connectivity index (χ4v) is 8.10. The molecule has 460 valence electrons. The van der Waals surface area contributed by atoms with E-state index in [-0.39, 0.29) is 32.0 Å². The Kier molecular flexibility index (Phi) is 63.5. The predicted molar refractivity (Wildman–Crippen MR) is 361 cm³/mol. The van der Waals surface area contributed by atoms with Gasteiger partial charge in [-0.15, -0.1) is 0 Å². The number of allylic oxidation sites excluding steroid dienone is 32. The standard InChI is InChI=1S/C77H116O6/c1-4-7-10-13-16-19-22-25-28-29-30-31-32-33-34-35-36-37-38-39-40-41-42-43-44-45-46-47-50-52-55-58-61-64-67-70-76(79)82-73-74(83-77(80)71-68-65-62-59-56-53-49-27-24-21-18-15-12-9-6-3)72-81-75(78)69-66-63-60-57-54-51-48-26-23-20-17-14-11-8-5-2/h7-12,16-21,25-28,30-31,33-34,36-37,39-40,48-49,54,56-57,59,63,65-66,68,74H,4-6,13-15,22-24,29,32,35,38,41-47,50-53,55,58,60-62,64,67,69-73H2,1-3H3/b10-7-,11-8-,12-9-,19-16-,20-17-,21-18-,28-25-,31-30-,34-33-,37-36-,40-39-,48-26-,49-27-,57-54-,59-56-,66-63-,68-65-. The molecule has 0 aromatic carbocycles. The number of hydrogen-bond acceptors (Lipinski definition) is 6. The van der Waals surface area contributed by atoms with E-state index in [1.54, 1.807) is 12.2 Å². The van der Waals surface area contributed by atoms with E-state index in [2.05, 4.69) is 203 Å². The molecule has 0 bridgehead atoms. The van der Waals surface area contributed by atoms with Crippen molar-refractivity contribution in [3.63, 3.8) is 0 Å². The number of carbonyl (C=O) groups excluding carboxylic acids is 3. The van der Waals surface area contributed by atoms with Crippen molar-refractivity contribution in [2.75, 3.05) is 13.2 Å². The van der Waals surface area contributed by atoms with Gasteiger partial charge in [-0.3, -0.25) is 14.4 Å². The molecule has 0 aliphatic heterocycles. The highest BCUT2D eigenvalue weighted by molar-refractivity contribution is 5.72. The van der Waals surface area contributed by atoms with E-state index in [9.17, 15) is 14.4 Å². The fourth-order valence-electron chi connectivity index (χ4n) is 8.10. The van der Waals surface area contributed by atoms with Crippen molar-refractivity contribution in [1.29, 1.82) is 0 Å². The van der Waals surface area contributed by atoms with E-state index >= 15 is 0 Å². The van der Waals surface area contributed by atoms with Gasteiger partial charge < -0.3 is 14.2 Å². The monoisotopic (exact) mass is 1140 g/mol. The molecule has 0 N–H and O–H groups in total. The first kappa shape index (κ1) is 77.0. The second-order valence-electron chi connectivity index (χ2n) is 20.6. The van der Waals surface area contributed by atoms with Crippen LogP contribution in [0.15, 0.2) is 207 Å². The van der Waals surface area contributed by atoms with Crippen molar-refractivity contribution < 1.29 is 28.6 Å². The fraction of sp³-hybridized carbons (Fsp3) is 0.519. The highest BCUT2D eigenvalue weighted by atomic mass is 16.6. The van der Waals surface area contributed by atoms with E-state index in [4.69, 9.17) is 14.2 Å². The van der Waals surface area contributed by atoms with E-state index < -0.39 is 18.0 Å². The lowest BCUT2D eigenvalue weighted by Gasteiger charge is -2.17. The van der Waals surface area contributed by atoms with Gasteiger partial charge in [0, 0.05) is 6.42 Å². The zero-order valence-corrected chi connectivity index (χ0v) is 52.6. The third-order valence-electron chi connectivity index (χ3n) is 12.8. The Morgan fingerprint density at radius 1 is 0.253 bits per heavy atom. The molecule has 1 unspecified atom stereocenters. The van der Waals surface area contributed by atoms with Gasteiger partial charge in [-0.2, -0.15) is 0 Å². The quantitative estimate of drug-likeness (QED) is 0.0261. The third kappa shape index (κ3) is 66.7. The van der Waals surface area contributed by atoms with Gasteiger partial charge in [-0.25, -0.2) is 0 Å². The zero-order chi connectivity index (χ0) is 59.9. The second-order valence-corrected chi connectivity index (χ2v) is 20.6. The van der Waals surface area contributed by atoms with Crippen LogP contribution in [-0.2, 0) is 28.6 Å². The summed E-state index contributed by atoms with van der Waals surface area (Å²) in [5.74, 6) is -1.23. The van der Waals surface area contributed by atoms with Crippen LogP contribution < -0.4 is 0 Å². The molecule has 0 aromatic rings. The minimum atomic E-state index is -0.885. The SMILES string of the molecule is CC/C=C\C/C=C\C/C=C\C/C=C\C/C=C\C/C=C\C/C=C\CCCCCCCCCCCCCCCC(=O)OCC(COC(=O)C/C=C\C/C=C\C/C=C\C/C=C\C/C=C\CC)OC(=O)C/C=C\C/C=C\C/C=C\C/C=C\C/C=C\CC. The van der Waals surface area contributed by atoms with Gasteiger partial charge in [-0.05, 0) is 128 Å². The van der Waals surface area contributed by atoms with E-state index in [1.165, 1.54) is 70.6 Å². The summed E-state index contributed by atoms with van der Waals surface area (Å²) in [7, 11) is 0. The molecule has 83 heavy (non-hydrogen) atoms. The molecule has 0 saturated heterocycles. The van der Waals surface area contributed by atoms with Crippen LogP contribution in [0.1, 0.15) is 239 Å². The van der Waals surface area contributed by atoms with Crippen LogP contribution in [0.25, 0.3) is 0 Å². The molecule has 0 saturated carbocycles. The molecule has 0 rings (SSSR count). The van der Waals surface area contributed by atoms with Crippen LogP contribution in [0.2, 0.25) is 0 Å². The maximum absolute atomic E-state index is 12.8. The van der Waals surface area contributed by atoms with Gasteiger partial charge in [0.05, 0.1) is 12.8 Å². The largest absolute Gasteiger partial charge is 0.462 e. The molecule has 1 atom stereocenters. The van der Waals surface area contributed by atoms with Crippen LogP contribution >= 0.6 is 0 Å². The summed E-state index contributed by atoms with van der Waals surface area (Å²) in [6.45, 7) is 6.10. The molecular formula is C77H116O6. The topological polar surface area (TPSA) is 78.9 Å². The number of hydrogen-bond donors (Lipinski definition) is 0. The summed E-state index contributed by atoms with van der Waals surface area (Å²) < 4.78 is 16.7. The third-order valence-corrected chi connectivity index (χ3v) is 12.8. The van der Waals surface area contributed by atoms with E-state index in [0.29, 0.717) is 19.3 Å². The smallest absolute Gasteiger partial charge is 0.310 e. The van der Waals surface area contributed by atoms with Gasteiger partial charge in [0.25, 0.3) is 0 Å². The van der Waals surface area contributed by atoms with Gasteiger partial charge in [0.15, 0.2) is 6.10 Å². The van der Waals surface area contributed by atoms with Gasteiger partial charge in [-0.1, -0.05) is 298 Å². The number of unbranched alkanes of at least 4 members (excludes halogenated alkanes) is 13. The Labute approximate surface area is 509 Å². The maximum atomic E-state index is 12.8. The van der Waals surface area contributed by atoms with Crippen LogP contribution in [0.3, 0.4) is 0 Å². The Morgan fingerprint density at radius 2 is 0.482 bits per heavy atom. The Bertz CT molecular complexity index is 2030. The van der Waals surface area contributed by atoms with Crippen molar-refractivity contribution in [1.82, 2.24) is 0 Å². The van der Waals surface area contributed by atoms with Crippen molar-refractivity contribution in [2.24, 2.45) is 0 Å². The Morgan fingerprint density at radius 3 is 0.783 bits per heavy atom. The predicted octanol–water partition coefficient (Wildman–Crippen LogP) is 22.8. The molecule has 6 heteroatoms. The van der Waals surface area contributed by atoms with Gasteiger partial charge >= 0.3 is 17.9 Å². The summed E-state index contributed by atoms with van der Waals surface area (Å²) in [4.78, 5) is 38.1. The molecule has 0 aromatic heterocycles. The molecule has 0 amide bonds. The normalized spacial score (nSPS) is 13.5. The maximum Gasteiger partial charge on any atom is 0.310 e. The highest BCUT2D eigenvalue weighted by Gasteiger charge is 2.19. The summed E-state index contributed by atoms with van der Waals surface area (Å²) in [6.07, 6.45) is 106. The first-order valence-electron chi connectivity index (χ1n) is 32.6. The molecule has 0 spiro atoms. The minimum absolute atomic E-state index is 0.0677. The molecule has 0 fully saturated rings. The molecule has 0 heterocycles. The summed E-state index contributed by atoms with van der Waals surface area (Å²) in [5, 5.41) is 0. The van der Waals surface area contributed by atoms with Crippen LogP contribution in [0.4, 0.5) is 0 Å². The zero-order valence-electron chi connectivity index (χ0n) is 52.6. The van der Waals surface area contributed by atoms with Crippen molar-refractivity contribution in [3.8, 4) is 0 Å². The minimum Gasteiger partial charge on any atom is -0.462 e. The van der Waals surface area contributed by atoms with Crippen molar-refractivity contribution in [2.45, 2.75) is 245 Å². The lowest BCUT2D eigenvalue weighted by atomic mass is 10.0. The summed E-state index contributed by atoms with van der Waals surface area (Å²) in [5.41, 5.74) is 0. The number of esters is 3. The number of carbonyl (C=O) groups is 3. The lowest BCUT2D eigenvalue weighted by Crippen LogP contribution is -2.30. The van der Waals surface area contributed by atoms with Crippen LogP contribution in [0.5, 0.6) is 0 Å². The molecule has 0 radical (unpaired) electrons.